The molecule has 10 heavy (non-hydrogen) atoms. The van der Waals surface area contributed by atoms with Gasteiger partial charge in [0, 0.05) is 11.9 Å². The number of rotatable bonds is 1. The molecule has 0 amide bonds. The van der Waals surface area contributed by atoms with Gasteiger partial charge in [0.15, 0.2) is 0 Å². The molecule has 3 heteroatoms. The Morgan fingerprint density at radius 1 is 1.70 bits per heavy atom. The normalized spacial score (nSPS) is 8.80. The summed E-state index contributed by atoms with van der Waals surface area (Å²) in [6.45, 7) is 1.99. The number of nitriles is 1. The maximum atomic E-state index is 8.38. The number of aromatic nitrogens is 2. The van der Waals surface area contributed by atoms with E-state index < -0.39 is 0 Å². The van der Waals surface area contributed by atoms with E-state index in [-0.39, 0.29) is 5.82 Å². The first kappa shape index (κ1) is 6.69. The van der Waals surface area contributed by atoms with E-state index in [9.17, 15) is 0 Å². The second-order valence-electron chi connectivity index (χ2n) is 1.84. The predicted molar refractivity (Wildman–Crippen MR) is 36.1 cm³/mol. The average molecular weight is 133 g/mol. The minimum Gasteiger partial charge on any atom is -0.228 e. The van der Waals surface area contributed by atoms with Gasteiger partial charge in [-0.15, -0.1) is 0 Å². The summed E-state index contributed by atoms with van der Waals surface area (Å²) in [5.41, 5.74) is 0.909. The molecule has 0 aliphatic rings. The monoisotopic (exact) mass is 133 g/mol. The third kappa shape index (κ3) is 1.29. The fraction of sp³-hybridized carbons (Fsp3) is 0.286. The average Bonchev–Trinajstić information content (AvgIpc) is 2.05. The highest BCUT2D eigenvalue weighted by Crippen LogP contribution is 1.93. The Bertz CT molecular complexity index is 262. The Balaban J connectivity index is 3.01. The molecule has 1 aromatic heterocycles. The Labute approximate surface area is 59.4 Å². The minimum absolute atomic E-state index is 0.249. The molecule has 0 spiro atoms. The van der Waals surface area contributed by atoms with Gasteiger partial charge >= 0.3 is 0 Å². The van der Waals surface area contributed by atoms with Crippen molar-refractivity contribution in [3.63, 3.8) is 0 Å². The minimum atomic E-state index is 0.249. The lowest BCUT2D eigenvalue weighted by molar-refractivity contribution is 0.978. The largest absolute Gasteiger partial charge is 0.232 e. The van der Waals surface area contributed by atoms with Gasteiger partial charge in [0.1, 0.15) is 6.07 Å². The molecular formula is C7H7N3. The Kier molecular flexibility index (Phi) is 1.96. The lowest BCUT2D eigenvalue weighted by atomic mass is 10.3. The molecule has 0 aliphatic carbocycles. The zero-order valence-electron chi connectivity index (χ0n) is 5.70. The smallest absolute Gasteiger partial charge is 0.228 e. The molecular weight excluding hydrogens is 126 g/mol. The Hall–Kier alpha value is -1.43. The van der Waals surface area contributed by atoms with E-state index in [0.29, 0.717) is 0 Å². The summed E-state index contributed by atoms with van der Waals surface area (Å²) >= 11 is 0. The fourth-order valence-corrected chi connectivity index (χ4v) is 0.647. The molecule has 0 bridgehead atoms. The van der Waals surface area contributed by atoms with Crippen molar-refractivity contribution in [2.75, 3.05) is 0 Å². The van der Waals surface area contributed by atoms with Crippen LogP contribution >= 0.6 is 0 Å². The highest BCUT2D eigenvalue weighted by Gasteiger charge is 1.93. The van der Waals surface area contributed by atoms with E-state index in [0.717, 1.165) is 12.1 Å². The highest BCUT2D eigenvalue weighted by molar-refractivity contribution is 5.12. The first-order chi connectivity index (χ1) is 4.86. The van der Waals surface area contributed by atoms with Crippen molar-refractivity contribution in [2.45, 2.75) is 13.3 Å². The van der Waals surface area contributed by atoms with Gasteiger partial charge in [0.2, 0.25) is 5.82 Å². The van der Waals surface area contributed by atoms with Crippen LogP contribution in [0.3, 0.4) is 0 Å². The van der Waals surface area contributed by atoms with Crippen molar-refractivity contribution in [2.24, 2.45) is 0 Å². The zero-order valence-corrected chi connectivity index (χ0v) is 5.70. The van der Waals surface area contributed by atoms with Crippen molar-refractivity contribution in [3.05, 3.63) is 23.8 Å². The van der Waals surface area contributed by atoms with Crippen LogP contribution in [0.1, 0.15) is 18.4 Å². The third-order valence-corrected chi connectivity index (χ3v) is 1.18. The van der Waals surface area contributed by atoms with Gasteiger partial charge in [-0.05, 0) is 12.5 Å². The second-order valence-corrected chi connectivity index (χ2v) is 1.84. The maximum Gasteiger partial charge on any atom is 0.232 e. The van der Waals surface area contributed by atoms with Crippen LogP contribution in [0.15, 0.2) is 12.3 Å². The van der Waals surface area contributed by atoms with Crippen molar-refractivity contribution >= 4 is 0 Å². The summed E-state index contributed by atoms with van der Waals surface area (Å²) < 4.78 is 0. The van der Waals surface area contributed by atoms with Gasteiger partial charge in [0.25, 0.3) is 0 Å². The molecule has 0 N–H and O–H groups in total. The van der Waals surface area contributed by atoms with E-state index in [1.807, 2.05) is 13.0 Å². The van der Waals surface area contributed by atoms with E-state index in [4.69, 9.17) is 5.26 Å². The van der Waals surface area contributed by atoms with Gasteiger partial charge in [0.05, 0.1) is 0 Å². The molecule has 0 radical (unpaired) electrons. The van der Waals surface area contributed by atoms with Crippen LogP contribution in [-0.4, -0.2) is 9.97 Å². The summed E-state index contributed by atoms with van der Waals surface area (Å²) in [5.74, 6) is 0.249. The summed E-state index contributed by atoms with van der Waals surface area (Å²) in [6.07, 6.45) is 2.45. The lowest BCUT2D eigenvalue weighted by Gasteiger charge is -1.91. The SMILES string of the molecule is CCc1ccnc(C#N)n1. The fourth-order valence-electron chi connectivity index (χ4n) is 0.647. The van der Waals surface area contributed by atoms with Crippen molar-refractivity contribution < 1.29 is 0 Å². The van der Waals surface area contributed by atoms with Crippen LogP contribution in [0.25, 0.3) is 0 Å². The van der Waals surface area contributed by atoms with Crippen molar-refractivity contribution in [3.8, 4) is 6.07 Å². The van der Waals surface area contributed by atoms with Gasteiger partial charge in [-0.3, -0.25) is 0 Å². The topological polar surface area (TPSA) is 49.6 Å². The highest BCUT2D eigenvalue weighted by atomic mass is 14.9. The van der Waals surface area contributed by atoms with E-state index in [1.54, 1.807) is 12.3 Å². The Morgan fingerprint density at radius 3 is 3.10 bits per heavy atom. The van der Waals surface area contributed by atoms with Crippen molar-refractivity contribution in [1.29, 1.82) is 5.26 Å². The molecule has 1 aromatic rings. The van der Waals surface area contributed by atoms with E-state index >= 15 is 0 Å². The van der Waals surface area contributed by atoms with Crippen LogP contribution in [0.2, 0.25) is 0 Å². The van der Waals surface area contributed by atoms with E-state index in [2.05, 4.69) is 9.97 Å². The molecule has 0 atom stereocenters. The van der Waals surface area contributed by atoms with Gasteiger partial charge in [-0.1, -0.05) is 6.92 Å². The second kappa shape index (κ2) is 2.92. The quantitative estimate of drug-likeness (QED) is 0.572. The third-order valence-electron chi connectivity index (χ3n) is 1.18. The molecule has 0 saturated heterocycles. The van der Waals surface area contributed by atoms with Crippen LogP contribution in [0.4, 0.5) is 0 Å². The predicted octanol–water partition coefficient (Wildman–Crippen LogP) is 0.911. The molecule has 3 nitrogen and oxygen atoms in total. The number of aryl methyl sites for hydroxylation is 1. The zero-order chi connectivity index (χ0) is 7.40. The number of nitrogens with zero attached hydrogens (tertiary/aromatic N) is 3. The van der Waals surface area contributed by atoms with Crippen molar-refractivity contribution in [1.82, 2.24) is 9.97 Å². The molecule has 0 aromatic carbocycles. The summed E-state index contributed by atoms with van der Waals surface area (Å²) in [7, 11) is 0. The molecule has 1 rings (SSSR count). The summed E-state index contributed by atoms with van der Waals surface area (Å²) in [4.78, 5) is 7.67. The Morgan fingerprint density at radius 2 is 2.50 bits per heavy atom. The standard InChI is InChI=1S/C7H7N3/c1-2-6-3-4-9-7(5-8)10-6/h3-4H,2H2,1H3. The molecule has 50 valence electrons. The van der Waals surface area contributed by atoms with Crippen LogP contribution in [-0.2, 0) is 6.42 Å². The lowest BCUT2D eigenvalue weighted by Crippen LogP contribution is -1.92. The molecule has 1 heterocycles. The maximum absolute atomic E-state index is 8.38. The van der Waals surface area contributed by atoms with E-state index in [1.165, 1.54) is 0 Å². The van der Waals surface area contributed by atoms with Crippen LogP contribution in [0.5, 0.6) is 0 Å². The van der Waals surface area contributed by atoms with Crippen LogP contribution < -0.4 is 0 Å². The van der Waals surface area contributed by atoms with Gasteiger partial charge in [-0.2, -0.15) is 5.26 Å². The first-order valence-electron chi connectivity index (χ1n) is 3.09. The number of hydrogen-bond donors (Lipinski definition) is 0. The molecule has 0 unspecified atom stereocenters. The number of hydrogen-bond acceptors (Lipinski definition) is 3. The molecule has 0 fully saturated rings. The van der Waals surface area contributed by atoms with Crippen LogP contribution in [0, 0.1) is 11.3 Å². The first-order valence-corrected chi connectivity index (χ1v) is 3.09. The van der Waals surface area contributed by atoms with Gasteiger partial charge < -0.3 is 0 Å². The summed E-state index contributed by atoms with van der Waals surface area (Å²) in [5, 5.41) is 8.38. The molecule has 0 aliphatic heterocycles. The van der Waals surface area contributed by atoms with Gasteiger partial charge in [-0.25, -0.2) is 9.97 Å². The summed E-state index contributed by atoms with van der Waals surface area (Å²) in [6, 6.07) is 3.69. The molecule has 0 saturated carbocycles.